The molecule has 1 aliphatic rings. The average Bonchev–Trinajstić information content (AvgIpc) is 2.83. The van der Waals surface area contributed by atoms with Gasteiger partial charge >= 0.3 is 0 Å². The third-order valence-corrected chi connectivity index (χ3v) is 3.88. The van der Waals surface area contributed by atoms with Gasteiger partial charge in [0.15, 0.2) is 5.96 Å². The Balaban J connectivity index is 1.64. The number of rotatable bonds is 3. The zero-order valence-electron chi connectivity index (χ0n) is 11.6. The van der Waals surface area contributed by atoms with Crippen LogP contribution < -0.4 is 5.32 Å². The summed E-state index contributed by atoms with van der Waals surface area (Å²) in [5.74, 6) is 1.01. The highest BCUT2D eigenvalue weighted by Crippen LogP contribution is 2.20. The Bertz CT molecular complexity index is 632. The lowest BCUT2D eigenvalue weighted by molar-refractivity contribution is 0.444. The van der Waals surface area contributed by atoms with E-state index in [4.69, 9.17) is 11.6 Å². The van der Waals surface area contributed by atoms with Crippen molar-refractivity contribution in [2.45, 2.75) is 13.0 Å². The van der Waals surface area contributed by atoms with E-state index in [1.54, 1.807) is 0 Å². The van der Waals surface area contributed by atoms with Crippen LogP contribution in [-0.2, 0) is 6.54 Å². The van der Waals surface area contributed by atoms with E-state index >= 15 is 0 Å². The Kier molecular flexibility index (Phi) is 3.83. The monoisotopic (exact) mass is 290 g/mol. The van der Waals surface area contributed by atoms with Crippen molar-refractivity contribution in [2.75, 3.05) is 26.7 Å². The standard InChI is InChI=1S/C15H19ClN4/c1-19-8-2-6-17-15(19)18-7-10-20-9-5-12-11-13(16)3-4-14(12)20/h3-5,9,11H,2,6-8,10H2,1H3,(H,17,18). The fraction of sp³-hybridized carbons (Fsp3) is 0.400. The summed E-state index contributed by atoms with van der Waals surface area (Å²) in [6, 6.07) is 8.11. The normalized spacial score (nSPS) is 15.5. The van der Waals surface area contributed by atoms with Gasteiger partial charge in [0.2, 0.25) is 0 Å². The molecular formula is C15H19ClN4. The summed E-state index contributed by atoms with van der Waals surface area (Å²) < 4.78 is 2.24. The quantitative estimate of drug-likeness (QED) is 0.942. The molecule has 0 aliphatic carbocycles. The van der Waals surface area contributed by atoms with Gasteiger partial charge in [0, 0.05) is 55.3 Å². The van der Waals surface area contributed by atoms with E-state index in [2.05, 4.69) is 45.2 Å². The Morgan fingerprint density at radius 3 is 3.10 bits per heavy atom. The number of guanidine groups is 1. The Morgan fingerprint density at radius 2 is 2.25 bits per heavy atom. The van der Waals surface area contributed by atoms with E-state index in [1.807, 2.05) is 12.1 Å². The molecule has 0 amide bonds. The van der Waals surface area contributed by atoms with Crippen molar-refractivity contribution in [2.24, 2.45) is 4.99 Å². The molecule has 106 valence electrons. The van der Waals surface area contributed by atoms with E-state index in [1.165, 1.54) is 10.9 Å². The molecule has 20 heavy (non-hydrogen) atoms. The lowest BCUT2D eigenvalue weighted by atomic mass is 10.2. The molecule has 4 nitrogen and oxygen atoms in total. The SMILES string of the molecule is CN1CCCN=C1NCCn1ccc2cc(Cl)ccc21. The molecule has 1 aromatic carbocycles. The smallest absolute Gasteiger partial charge is 0.193 e. The van der Waals surface area contributed by atoms with E-state index < -0.39 is 0 Å². The number of aromatic nitrogens is 1. The molecule has 0 saturated carbocycles. The van der Waals surface area contributed by atoms with Gasteiger partial charge in [0.1, 0.15) is 0 Å². The van der Waals surface area contributed by atoms with E-state index in [9.17, 15) is 0 Å². The molecule has 2 aromatic rings. The topological polar surface area (TPSA) is 32.6 Å². The molecule has 0 unspecified atom stereocenters. The third kappa shape index (κ3) is 2.75. The summed E-state index contributed by atoms with van der Waals surface area (Å²) in [4.78, 5) is 6.69. The summed E-state index contributed by atoms with van der Waals surface area (Å²) in [5, 5.41) is 5.38. The zero-order chi connectivity index (χ0) is 13.9. The number of nitrogens with zero attached hydrogens (tertiary/aromatic N) is 3. The summed E-state index contributed by atoms with van der Waals surface area (Å²) in [6.45, 7) is 3.79. The van der Waals surface area contributed by atoms with Crippen molar-refractivity contribution < 1.29 is 0 Å². The first-order chi connectivity index (χ1) is 9.74. The Labute approximate surface area is 124 Å². The predicted octanol–water partition coefficient (Wildman–Crippen LogP) is 2.58. The number of aliphatic imine (C=N–C) groups is 1. The number of fused-ring (bicyclic) bond motifs is 1. The predicted molar refractivity (Wildman–Crippen MR) is 84.5 cm³/mol. The van der Waals surface area contributed by atoms with Crippen LogP contribution in [0.25, 0.3) is 10.9 Å². The minimum atomic E-state index is 0.784. The van der Waals surface area contributed by atoms with Crippen LogP contribution in [0.5, 0.6) is 0 Å². The maximum absolute atomic E-state index is 6.01. The van der Waals surface area contributed by atoms with Crippen LogP contribution >= 0.6 is 11.6 Å². The highest BCUT2D eigenvalue weighted by Gasteiger charge is 2.09. The molecule has 0 radical (unpaired) electrons. The van der Waals surface area contributed by atoms with Crippen molar-refractivity contribution in [1.82, 2.24) is 14.8 Å². The van der Waals surface area contributed by atoms with Crippen LogP contribution in [0.2, 0.25) is 5.02 Å². The molecule has 0 saturated heterocycles. The van der Waals surface area contributed by atoms with E-state index in [-0.39, 0.29) is 0 Å². The first-order valence-corrected chi connectivity index (χ1v) is 7.36. The second-order valence-electron chi connectivity index (χ2n) is 5.12. The van der Waals surface area contributed by atoms with E-state index in [0.717, 1.165) is 43.6 Å². The van der Waals surface area contributed by atoms with Gasteiger partial charge in [-0.1, -0.05) is 11.6 Å². The van der Waals surface area contributed by atoms with Crippen molar-refractivity contribution in [3.8, 4) is 0 Å². The molecule has 0 bridgehead atoms. The van der Waals surface area contributed by atoms with Crippen LogP contribution in [0, 0.1) is 0 Å². The minimum absolute atomic E-state index is 0.784. The highest BCUT2D eigenvalue weighted by atomic mass is 35.5. The molecule has 2 heterocycles. The first-order valence-electron chi connectivity index (χ1n) is 6.98. The van der Waals surface area contributed by atoms with Crippen LogP contribution in [0.4, 0.5) is 0 Å². The summed E-state index contributed by atoms with van der Waals surface area (Å²) in [5.41, 5.74) is 1.22. The number of hydrogen-bond donors (Lipinski definition) is 1. The Hall–Kier alpha value is -1.68. The van der Waals surface area contributed by atoms with Gasteiger partial charge in [0.25, 0.3) is 0 Å². The minimum Gasteiger partial charge on any atom is -0.354 e. The second-order valence-corrected chi connectivity index (χ2v) is 5.56. The maximum Gasteiger partial charge on any atom is 0.193 e. The maximum atomic E-state index is 6.01. The van der Waals surface area contributed by atoms with Crippen molar-refractivity contribution in [3.63, 3.8) is 0 Å². The largest absolute Gasteiger partial charge is 0.354 e. The lowest BCUT2D eigenvalue weighted by Crippen LogP contribution is -2.43. The van der Waals surface area contributed by atoms with E-state index in [0.29, 0.717) is 0 Å². The van der Waals surface area contributed by atoms with Crippen molar-refractivity contribution in [3.05, 3.63) is 35.5 Å². The molecule has 0 fully saturated rings. The van der Waals surface area contributed by atoms with Crippen LogP contribution in [-0.4, -0.2) is 42.1 Å². The number of benzene rings is 1. The van der Waals surface area contributed by atoms with Gasteiger partial charge in [-0.25, -0.2) is 0 Å². The molecule has 1 aliphatic heterocycles. The van der Waals surface area contributed by atoms with Crippen LogP contribution in [0.1, 0.15) is 6.42 Å². The molecule has 0 atom stereocenters. The fourth-order valence-corrected chi connectivity index (χ4v) is 2.75. The molecular weight excluding hydrogens is 272 g/mol. The highest BCUT2D eigenvalue weighted by molar-refractivity contribution is 6.31. The van der Waals surface area contributed by atoms with Gasteiger partial charge < -0.3 is 14.8 Å². The number of halogens is 1. The number of nitrogens with one attached hydrogen (secondary N) is 1. The molecule has 5 heteroatoms. The summed E-state index contributed by atoms with van der Waals surface area (Å²) >= 11 is 6.01. The van der Waals surface area contributed by atoms with Gasteiger partial charge in [-0.15, -0.1) is 0 Å². The summed E-state index contributed by atoms with van der Waals surface area (Å²) in [6.07, 6.45) is 3.25. The molecule has 1 aromatic heterocycles. The van der Waals surface area contributed by atoms with Gasteiger partial charge in [0.05, 0.1) is 0 Å². The first kappa shape index (κ1) is 13.3. The average molecular weight is 291 g/mol. The number of hydrogen-bond acceptors (Lipinski definition) is 3. The Morgan fingerprint density at radius 1 is 1.35 bits per heavy atom. The molecule has 3 rings (SSSR count). The van der Waals surface area contributed by atoms with Crippen LogP contribution in [0.15, 0.2) is 35.5 Å². The molecule has 0 spiro atoms. The van der Waals surface area contributed by atoms with Crippen molar-refractivity contribution >= 4 is 28.5 Å². The van der Waals surface area contributed by atoms with Crippen molar-refractivity contribution in [1.29, 1.82) is 0 Å². The summed E-state index contributed by atoms with van der Waals surface area (Å²) in [7, 11) is 2.08. The zero-order valence-corrected chi connectivity index (χ0v) is 12.4. The van der Waals surface area contributed by atoms with Gasteiger partial charge in [-0.3, -0.25) is 4.99 Å². The fourth-order valence-electron chi connectivity index (χ4n) is 2.56. The van der Waals surface area contributed by atoms with Gasteiger partial charge in [-0.05, 0) is 30.7 Å². The van der Waals surface area contributed by atoms with Gasteiger partial charge in [-0.2, -0.15) is 0 Å². The van der Waals surface area contributed by atoms with Crippen LogP contribution in [0.3, 0.4) is 0 Å². The molecule has 1 N–H and O–H groups in total. The third-order valence-electron chi connectivity index (χ3n) is 3.64. The lowest BCUT2D eigenvalue weighted by Gasteiger charge is -2.25. The second kappa shape index (κ2) is 5.75.